The minimum Gasteiger partial charge on any atom is -0.493 e. The molecule has 0 unspecified atom stereocenters. The number of aromatic amines is 1. The van der Waals surface area contributed by atoms with Crippen LogP contribution < -0.4 is 4.74 Å². The van der Waals surface area contributed by atoms with Crippen molar-refractivity contribution in [2.24, 2.45) is 5.92 Å². The van der Waals surface area contributed by atoms with E-state index in [-0.39, 0.29) is 40.0 Å². The third-order valence-corrected chi connectivity index (χ3v) is 7.79. The highest BCUT2D eigenvalue weighted by atomic mass is 19.4. The summed E-state index contributed by atoms with van der Waals surface area (Å²) in [6.45, 7) is 5.45. The summed E-state index contributed by atoms with van der Waals surface area (Å²) in [7, 11) is 0. The standard InChI is InChI=1S/C26H24F5N5O2/c1-12-8-25(4-3-5-36(25)10-12)11-38-24-33-22-14(23(37)34-24)7-16(27)19(21(22)28)18-15-9-32-35-17(15)6-13(2)20(18)26(29,30)31/h6-7,9,12H,3-5,8,10-11H2,1-2H3,(H,32,35)(H,33,34,37)/t12-,25+/m1/s1. The van der Waals surface area contributed by atoms with E-state index in [1.54, 1.807) is 0 Å². The number of alkyl halides is 3. The number of aryl methyl sites for hydroxylation is 1. The average Bonchev–Trinajstić information content (AvgIpc) is 3.51. The van der Waals surface area contributed by atoms with Crippen molar-refractivity contribution >= 4 is 21.8 Å². The van der Waals surface area contributed by atoms with E-state index in [0.717, 1.165) is 44.6 Å². The maximum Gasteiger partial charge on any atom is 0.417 e. The molecule has 200 valence electrons. The van der Waals surface area contributed by atoms with Crippen LogP contribution in [0.4, 0.5) is 22.0 Å². The summed E-state index contributed by atoms with van der Waals surface area (Å²) in [5, 5.41) is 16.3. The predicted molar refractivity (Wildman–Crippen MR) is 129 cm³/mol. The lowest BCUT2D eigenvalue weighted by atomic mass is 9.91. The van der Waals surface area contributed by atoms with Gasteiger partial charge in [-0.15, -0.1) is 0 Å². The van der Waals surface area contributed by atoms with Crippen molar-refractivity contribution in [3.8, 4) is 23.0 Å². The second-order valence-corrected chi connectivity index (χ2v) is 10.4. The van der Waals surface area contributed by atoms with E-state index in [9.17, 15) is 18.3 Å². The van der Waals surface area contributed by atoms with Gasteiger partial charge in [-0.1, -0.05) is 6.92 Å². The predicted octanol–water partition coefficient (Wildman–Crippen LogP) is 5.74. The summed E-state index contributed by atoms with van der Waals surface area (Å²) >= 11 is 0. The quantitative estimate of drug-likeness (QED) is 0.326. The van der Waals surface area contributed by atoms with Gasteiger partial charge in [-0.25, -0.2) is 8.78 Å². The third-order valence-electron chi connectivity index (χ3n) is 7.79. The van der Waals surface area contributed by atoms with Crippen molar-refractivity contribution in [1.29, 1.82) is 0 Å². The smallest absolute Gasteiger partial charge is 0.417 e. The van der Waals surface area contributed by atoms with Crippen LogP contribution in [0, 0.1) is 24.5 Å². The van der Waals surface area contributed by atoms with Crippen molar-refractivity contribution in [3.63, 3.8) is 0 Å². The van der Waals surface area contributed by atoms with Crippen LogP contribution in [0.25, 0.3) is 32.9 Å². The first kappa shape index (κ1) is 24.8. The van der Waals surface area contributed by atoms with Gasteiger partial charge >= 0.3 is 12.2 Å². The molecular weight excluding hydrogens is 509 g/mol. The Labute approximate surface area is 213 Å². The lowest BCUT2D eigenvalue weighted by Crippen LogP contribution is -2.43. The molecule has 38 heavy (non-hydrogen) atoms. The lowest BCUT2D eigenvalue weighted by Gasteiger charge is -2.31. The Morgan fingerprint density at radius 2 is 1.97 bits per heavy atom. The molecule has 2 atom stereocenters. The molecule has 0 amide bonds. The molecule has 2 fully saturated rings. The number of ether oxygens (including phenoxy) is 1. The molecule has 0 spiro atoms. The Morgan fingerprint density at radius 3 is 2.74 bits per heavy atom. The summed E-state index contributed by atoms with van der Waals surface area (Å²) in [4.78, 5) is 10.3. The Balaban J connectivity index is 1.50. The first-order valence-corrected chi connectivity index (χ1v) is 12.3. The minimum absolute atomic E-state index is 0.106. The van der Waals surface area contributed by atoms with Gasteiger partial charge in [0.05, 0.1) is 33.8 Å². The molecule has 2 saturated heterocycles. The Bertz CT molecular complexity index is 1590. The summed E-state index contributed by atoms with van der Waals surface area (Å²) in [5.41, 5.74) is -3.61. The van der Waals surface area contributed by atoms with Crippen LogP contribution in [-0.4, -0.2) is 55.4 Å². The Hall–Kier alpha value is -3.54. The highest BCUT2D eigenvalue weighted by Gasteiger charge is 2.48. The van der Waals surface area contributed by atoms with Crippen molar-refractivity contribution in [3.05, 3.63) is 41.1 Å². The molecular formula is C26H24F5N5O2. The molecule has 6 rings (SSSR count). The van der Waals surface area contributed by atoms with Crippen LogP contribution in [0.5, 0.6) is 11.9 Å². The molecule has 4 heterocycles. The molecule has 12 heteroatoms. The summed E-state index contributed by atoms with van der Waals surface area (Å²) < 4.78 is 79.7. The minimum atomic E-state index is -4.91. The van der Waals surface area contributed by atoms with Crippen molar-refractivity contribution in [2.75, 3.05) is 19.7 Å². The fourth-order valence-electron chi connectivity index (χ4n) is 6.33. The maximum absolute atomic E-state index is 16.0. The number of halogens is 5. The van der Waals surface area contributed by atoms with E-state index in [1.165, 1.54) is 13.0 Å². The molecule has 2 aromatic carbocycles. The number of nitrogens with zero attached hydrogens (tertiary/aromatic N) is 4. The molecule has 2 aliphatic heterocycles. The van der Waals surface area contributed by atoms with Crippen LogP contribution in [-0.2, 0) is 6.18 Å². The van der Waals surface area contributed by atoms with Crippen molar-refractivity contribution in [1.82, 2.24) is 25.1 Å². The van der Waals surface area contributed by atoms with Gasteiger partial charge in [-0.05, 0) is 56.3 Å². The number of aromatic hydroxyl groups is 1. The number of hydrogen-bond acceptors (Lipinski definition) is 6. The largest absolute Gasteiger partial charge is 0.493 e. The first-order valence-electron chi connectivity index (χ1n) is 12.3. The Kier molecular flexibility index (Phi) is 5.53. The van der Waals surface area contributed by atoms with Gasteiger partial charge in [0.15, 0.2) is 5.82 Å². The molecule has 2 N–H and O–H groups in total. The van der Waals surface area contributed by atoms with E-state index in [0.29, 0.717) is 5.92 Å². The van der Waals surface area contributed by atoms with Crippen molar-refractivity contribution in [2.45, 2.75) is 44.8 Å². The maximum atomic E-state index is 16.0. The fraction of sp³-hybridized carbons (Fsp3) is 0.423. The zero-order valence-corrected chi connectivity index (χ0v) is 20.6. The molecule has 2 aromatic heterocycles. The lowest BCUT2D eigenvalue weighted by molar-refractivity contribution is -0.137. The highest BCUT2D eigenvalue weighted by Crippen LogP contribution is 2.46. The number of rotatable bonds is 4. The second-order valence-electron chi connectivity index (χ2n) is 10.4. The van der Waals surface area contributed by atoms with Crippen molar-refractivity contribution < 1.29 is 31.8 Å². The van der Waals surface area contributed by atoms with Gasteiger partial charge in [-0.3, -0.25) is 10.00 Å². The Morgan fingerprint density at radius 1 is 1.18 bits per heavy atom. The topological polar surface area (TPSA) is 87.2 Å². The first-order chi connectivity index (χ1) is 18.0. The van der Waals surface area contributed by atoms with Crippen LogP contribution in [0.3, 0.4) is 0 Å². The molecule has 2 aliphatic rings. The average molecular weight is 534 g/mol. The van der Waals surface area contributed by atoms with Crippen LogP contribution >= 0.6 is 0 Å². The van der Waals surface area contributed by atoms with Gasteiger partial charge in [0.25, 0.3) is 0 Å². The summed E-state index contributed by atoms with van der Waals surface area (Å²) in [6, 6.07) is 1.62. The summed E-state index contributed by atoms with van der Waals surface area (Å²) in [6.07, 6.45) is -0.994. The second kappa shape index (κ2) is 8.48. The van der Waals surface area contributed by atoms with E-state index in [4.69, 9.17) is 4.74 Å². The van der Waals surface area contributed by atoms with Crippen LogP contribution in [0.2, 0.25) is 0 Å². The normalized spacial score (nSPS) is 22.0. The van der Waals surface area contributed by atoms with Gasteiger partial charge in [0, 0.05) is 17.5 Å². The SMILES string of the molecule is Cc1cc2[nH]ncc2c(-c2c(F)cc3c(O)nc(OC[C@@]45CCCN4C[C@H](C)C5)nc3c2F)c1C(F)(F)F. The van der Waals surface area contributed by atoms with Crippen LogP contribution in [0.1, 0.15) is 37.3 Å². The van der Waals surface area contributed by atoms with E-state index in [2.05, 4.69) is 32.0 Å². The van der Waals surface area contributed by atoms with Gasteiger partial charge in [-0.2, -0.15) is 28.2 Å². The molecule has 4 aromatic rings. The fourth-order valence-corrected chi connectivity index (χ4v) is 6.33. The van der Waals surface area contributed by atoms with E-state index in [1.807, 2.05) is 0 Å². The van der Waals surface area contributed by atoms with Gasteiger partial charge < -0.3 is 9.84 Å². The van der Waals surface area contributed by atoms with Gasteiger partial charge in [0.1, 0.15) is 17.9 Å². The van der Waals surface area contributed by atoms with E-state index < -0.39 is 45.9 Å². The molecule has 0 radical (unpaired) electrons. The van der Waals surface area contributed by atoms with Crippen LogP contribution in [0.15, 0.2) is 18.3 Å². The molecule has 0 bridgehead atoms. The highest BCUT2D eigenvalue weighted by molar-refractivity contribution is 6.00. The zero-order valence-electron chi connectivity index (χ0n) is 20.6. The van der Waals surface area contributed by atoms with Gasteiger partial charge in [0.2, 0.25) is 5.88 Å². The molecule has 0 aliphatic carbocycles. The monoisotopic (exact) mass is 533 g/mol. The molecule has 0 saturated carbocycles. The third kappa shape index (κ3) is 3.76. The number of fused-ring (bicyclic) bond motifs is 3. The number of nitrogens with one attached hydrogen (secondary N) is 1. The zero-order chi connectivity index (χ0) is 27.0. The van der Waals surface area contributed by atoms with E-state index >= 15 is 8.78 Å². The number of H-pyrrole nitrogens is 1. The number of hydrogen-bond donors (Lipinski definition) is 2. The summed E-state index contributed by atoms with van der Waals surface area (Å²) in [5.74, 6) is -2.92. The number of benzene rings is 2. The number of aromatic nitrogens is 4. The molecule has 7 nitrogen and oxygen atoms in total.